The van der Waals surface area contributed by atoms with Crippen LogP contribution in [0.15, 0.2) is 109 Å². The van der Waals surface area contributed by atoms with Crippen molar-refractivity contribution in [2.75, 3.05) is 59.3 Å². The van der Waals surface area contributed by atoms with Gasteiger partial charge >= 0.3 is 12.1 Å². The molecule has 4 amide bonds. The summed E-state index contributed by atoms with van der Waals surface area (Å²) >= 11 is 0. The van der Waals surface area contributed by atoms with Crippen LogP contribution in [0.5, 0.6) is 0 Å². The molecule has 4 aromatic carbocycles. The number of nitrogens with one attached hydrogen (secondary N) is 4. The number of esters is 1. The van der Waals surface area contributed by atoms with Gasteiger partial charge in [0.05, 0.1) is 39.5 Å². The smallest absolute Gasteiger partial charge is 0.407 e. The van der Waals surface area contributed by atoms with Crippen LogP contribution < -0.4 is 31.6 Å². The van der Waals surface area contributed by atoms with Gasteiger partial charge in [-0.2, -0.15) is 0 Å². The zero-order chi connectivity index (χ0) is 44.0. The second kappa shape index (κ2) is 21.8. The maximum Gasteiger partial charge on any atom is 0.407 e. The highest BCUT2D eigenvalue weighted by molar-refractivity contribution is 6.99. The van der Waals surface area contributed by atoms with E-state index in [1.807, 2.05) is 84.9 Å². The van der Waals surface area contributed by atoms with Crippen molar-refractivity contribution in [3.05, 3.63) is 120 Å². The molecule has 0 saturated carbocycles. The molecule has 328 valence electrons. The molecule has 0 aromatic heterocycles. The summed E-state index contributed by atoms with van der Waals surface area (Å²) in [5, 5.41) is 12.8. The van der Waals surface area contributed by atoms with Crippen molar-refractivity contribution < 1.29 is 47.3 Å². The van der Waals surface area contributed by atoms with Crippen molar-refractivity contribution in [1.29, 1.82) is 0 Å². The average molecular weight is 865 g/mol. The molecule has 2 aliphatic rings. The standard InChI is InChI=1S/C47H56N4O10Si/c1-47(2,3)62(33-14-6-4-7-15-33,34-16-8-5-9-17-34)61-27-24-48-43(53)32-58-29-28-57-26-23-49-44(54)41(30-42(52)50-40-22-25-59-45(40)55)51-46(56)60-31-39-37-20-12-10-18-35(37)36-19-11-13-21-38(36)39/h4-21,39-41H,22-32H2,1-3H3,(H,48,53)(H,49,54)(H,50,52)(H,51,56)/t40-,41-/m0/s1. The molecule has 6 rings (SSSR count). The van der Waals surface area contributed by atoms with Gasteiger partial charge in [0.1, 0.15) is 25.3 Å². The molecular weight excluding hydrogens is 809 g/mol. The third kappa shape index (κ3) is 11.5. The molecule has 1 aliphatic heterocycles. The van der Waals surface area contributed by atoms with Crippen LogP contribution in [0.2, 0.25) is 5.04 Å². The summed E-state index contributed by atoms with van der Waals surface area (Å²) in [6.07, 6.45) is -1.00. The highest BCUT2D eigenvalue weighted by atomic mass is 28.4. The number of carbonyl (C=O) groups excluding carboxylic acids is 5. The van der Waals surface area contributed by atoms with Crippen LogP contribution in [-0.2, 0) is 42.6 Å². The number of hydrogen-bond acceptors (Lipinski definition) is 10. The molecule has 0 spiro atoms. The molecule has 1 saturated heterocycles. The largest absolute Gasteiger partial charge is 0.464 e. The highest BCUT2D eigenvalue weighted by Crippen LogP contribution is 2.44. The van der Waals surface area contributed by atoms with E-state index in [1.165, 1.54) is 0 Å². The van der Waals surface area contributed by atoms with Gasteiger partial charge in [0.15, 0.2) is 0 Å². The topological polar surface area (TPSA) is 180 Å². The van der Waals surface area contributed by atoms with Crippen molar-refractivity contribution in [3.8, 4) is 11.1 Å². The van der Waals surface area contributed by atoms with Crippen LogP contribution >= 0.6 is 0 Å². The first-order valence-electron chi connectivity index (χ1n) is 21.0. The van der Waals surface area contributed by atoms with E-state index in [4.69, 9.17) is 23.4 Å². The van der Waals surface area contributed by atoms with Crippen LogP contribution in [0.25, 0.3) is 11.1 Å². The van der Waals surface area contributed by atoms with E-state index in [2.05, 4.69) is 66.3 Å². The van der Waals surface area contributed by atoms with Crippen LogP contribution in [-0.4, -0.2) is 110 Å². The Morgan fingerprint density at radius 1 is 0.726 bits per heavy atom. The Kier molecular flexibility index (Phi) is 16.0. The predicted molar refractivity (Wildman–Crippen MR) is 235 cm³/mol. The van der Waals surface area contributed by atoms with Gasteiger partial charge in [-0.25, -0.2) is 9.59 Å². The van der Waals surface area contributed by atoms with E-state index >= 15 is 0 Å². The first-order chi connectivity index (χ1) is 30.0. The van der Waals surface area contributed by atoms with Gasteiger partial charge in [-0.3, -0.25) is 14.4 Å². The Hall–Kier alpha value is -5.87. The fourth-order valence-electron chi connectivity index (χ4n) is 8.02. The summed E-state index contributed by atoms with van der Waals surface area (Å²) in [4.78, 5) is 63.8. The lowest BCUT2D eigenvalue weighted by molar-refractivity contribution is -0.141. The zero-order valence-corrected chi connectivity index (χ0v) is 36.5. The molecule has 2 atom stereocenters. The number of rotatable bonds is 21. The van der Waals surface area contributed by atoms with E-state index in [0.717, 1.165) is 32.6 Å². The van der Waals surface area contributed by atoms with Crippen molar-refractivity contribution >= 4 is 48.5 Å². The summed E-state index contributed by atoms with van der Waals surface area (Å²) in [6.45, 7) is 7.72. The summed E-state index contributed by atoms with van der Waals surface area (Å²) in [5.41, 5.74) is 4.20. The lowest BCUT2D eigenvalue weighted by Gasteiger charge is -2.43. The van der Waals surface area contributed by atoms with Gasteiger partial charge in [0.2, 0.25) is 17.7 Å². The van der Waals surface area contributed by atoms with Gasteiger partial charge in [-0.05, 0) is 37.7 Å². The number of hydrogen-bond donors (Lipinski definition) is 4. The molecule has 15 heteroatoms. The number of alkyl carbamates (subject to hydrolysis) is 1. The van der Waals surface area contributed by atoms with Crippen LogP contribution in [0, 0.1) is 0 Å². The maximum absolute atomic E-state index is 13.3. The molecule has 4 aromatic rings. The highest BCUT2D eigenvalue weighted by Gasteiger charge is 2.50. The Labute approximate surface area is 363 Å². The summed E-state index contributed by atoms with van der Waals surface area (Å²) in [7, 11) is -2.72. The summed E-state index contributed by atoms with van der Waals surface area (Å²) in [6, 6.07) is 34.3. The number of benzene rings is 4. The molecule has 1 aliphatic carbocycles. The number of cyclic esters (lactones) is 1. The van der Waals surface area contributed by atoms with Gasteiger partial charge in [0.25, 0.3) is 8.32 Å². The fraction of sp³-hybridized carbons (Fsp3) is 0.383. The van der Waals surface area contributed by atoms with E-state index in [0.29, 0.717) is 19.6 Å². The Morgan fingerprint density at radius 2 is 1.31 bits per heavy atom. The molecule has 4 N–H and O–H groups in total. The maximum atomic E-state index is 13.3. The quantitative estimate of drug-likeness (QED) is 0.0550. The lowest BCUT2D eigenvalue weighted by Crippen LogP contribution is -2.67. The minimum Gasteiger partial charge on any atom is -0.464 e. The SMILES string of the molecule is CC(C)(C)[Si](OCCNC(=O)COCCOCCNC(=O)[C@H](CC(=O)N[C@H]1CCOC1=O)NC(=O)OCC1c2ccccc2-c2ccccc21)(c1ccccc1)c1ccccc1. The number of fused-ring (bicyclic) bond motifs is 3. The van der Waals surface area contributed by atoms with Gasteiger partial charge in [0, 0.05) is 25.4 Å². The molecule has 0 unspecified atom stereocenters. The second-order valence-electron chi connectivity index (χ2n) is 16.1. The van der Waals surface area contributed by atoms with E-state index in [1.54, 1.807) is 0 Å². The third-order valence-electron chi connectivity index (χ3n) is 10.9. The van der Waals surface area contributed by atoms with Crippen LogP contribution in [0.1, 0.15) is 50.7 Å². The summed E-state index contributed by atoms with van der Waals surface area (Å²) < 4.78 is 28.5. The predicted octanol–water partition coefficient (Wildman–Crippen LogP) is 3.56. The number of carbonyl (C=O) groups is 5. The van der Waals surface area contributed by atoms with Gasteiger partial charge in [-0.1, -0.05) is 130 Å². The van der Waals surface area contributed by atoms with Crippen molar-refractivity contribution in [1.82, 2.24) is 21.3 Å². The van der Waals surface area contributed by atoms with Crippen LogP contribution in [0.4, 0.5) is 4.79 Å². The number of amides is 4. The summed E-state index contributed by atoms with van der Waals surface area (Å²) in [5.74, 6) is -2.29. The lowest BCUT2D eigenvalue weighted by atomic mass is 9.98. The zero-order valence-electron chi connectivity index (χ0n) is 35.5. The molecule has 1 heterocycles. The monoisotopic (exact) mass is 864 g/mol. The first kappa shape index (κ1) is 45.6. The van der Waals surface area contributed by atoms with Crippen molar-refractivity contribution in [2.45, 2.75) is 56.7 Å². The van der Waals surface area contributed by atoms with Gasteiger partial charge in [-0.15, -0.1) is 0 Å². The van der Waals surface area contributed by atoms with Crippen molar-refractivity contribution in [2.24, 2.45) is 0 Å². The fourth-order valence-corrected chi connectivity index (χ4v) is 12.6. The van der Waals surface area contributed by atoms with Gasteiger partial charge < -0.3 is 44.6 Å². The average Bonchev–Trinajstić information content (AvgIpc) is 3.82. The molecule has 0 radical (unpaired) electrons. The van der Waals surface area contributed by atoms with E-state index in [9.17, 15) is 24.0 Å². The number of ether oxygens (including phenoxy) is 4. The first-order valence-corrected chi connectivity index (χ1v) is 22.9. The van der Waals surface area contributed by atoms with E-state index in [-0.39, 0.29) is 63.0 Å². The molecule has 0 bridgehead atoms. The van der Waals surface area contributed by atoms with E-state index < -0.39 is 50.7 Å². The molecule has 62 heavy (non-hydrogen) atoms. The molecular formula is C47H56N4O10Si. The van der Waals surface area contributed by atoms with Crippen molar-refractivity contribution in [3.63, 3.8) is 0 Å². The normalized spacial score (nSPS) is 15.1. The third-order valence-corrected chi connectivity index (χ3v) is 16.0. The second-order valence-corrected chi connectivity index (χ2v) is 20.4. The van der Waals surface area contributed by atoms with Crippen LogP contribution in [0.3, 0.4) is 0 Å². The Bertz CT molecular complexity index is 2060. The Morgan fingerprint density at radius 3 is 1.90 bits per heavy atom. The minimum absolute atomic E-state index is 0.0171. The Balaban J connectivity index is 0.910. The molecule has 1 fully saturated rings. The minimum atomic E-state index is -2.72. The molecule has 14 nitrogen and oxygen atoms in total.